The molecule has 6 heteroatoms. The van der Waals surface area contributed by atoms with Gasteiger partial charge in [-0.05, 0) is 61.2 Å². The van der Waals surface area contributed by atoms with Crippen LogP contribution in [0.15, 0.2) is 41.5 Å². The molecule has 0 aliphatic carbocycles. The standard InChI is InChI=1S/C22H25N5O/c1-4-27(12-13-28-5-2)22-11-9-18(17(3)14-22)6-7-19-8-10-21(25-26-24)15-20(19)16-23/h6-11,14-15H,4-5,12-13H2,1-3H3. The maximum absolute atomic E-state index is 9.34. The highest BCUT2D eigenvalue weighted by Crippen LogP contribution is 2.23. The van der Waals surface area contributed by atoms with E-state index in [1.54, 1.807) is 18.2 Å². The van der Waals surface area contributed by atoms with Crippen LogP contribution in [0.25, 0.3) is 22.6 Å². The molecule has 2 rings (SSSR count). The number of azide groups is 1. The Morgan fingerprint density at radius 3 is 2.57 bits per heavy atom. The lowest BCUT2D eigenvalue weighted by Crippen LogP contribution is -2.27. The van der Waals surface area contributed by atoms with Crippen molar-refractivity contribution in [2.45, 2.75) is 20.8 Å². The summed E-state index contributed by atoms with van der Waals surface area (Å²) in [6.07, 6.45) is 3.91. The Hall–Kier alpha value is -3.26. The lowest BCUT2D eigenvalue weighted by atomic mass is 10.0. The number of aryl methyl sites for hydroxylation is 1. The maximum Gasteiger partial charge on any atom is 0.0998 e. The molecule has 0 aromatic heterocycles. The number of likely N-dealkylation sites (N-methyl/N-ethyl adjacent to an activating group) is 1. The van der Waals surface area contributed by atoms with Gasteiger partial charge in [0.15, 0.2) is 0 Å². The first-order chi connectivity index (χ1) is 13.6. The summed E-state index contributed by atoms with van der Waals surface area (Å²) >= 11 is 0. The van der Waals surface area contributed by atoms with Crippen molar-refractivity contribution in [2.75, 3.05) is 31.2 Å². The average Bonchev–Trinajstić information content (AvgIpc) is 2.71. The normalized spacial score (nSPS) is 10.5. The SMILES string of the molecule is CCOCCN(CC)c1ccc(C=Cc2ccc(N=[N+]=[N-])cc2C#N)c(C)c1. The number of benzene rings is 2. The second-order valence-electron chi connectivity index (χ2n) is 6.22. The molecule has 0 spiro atoms. The molecular formula is C22H25N5O. The number of rotatable bonds is 9. The lowest BCUT2D eigenvalue weighted by molar-refractivity contribution is 0.154. The Balaban J connectivity index is 2.21. The van der Waals surface area contributed by atoms with E-state index in [4.69, 9.17) is 10.3 Å². The summed E-state index contributed by atoms with van der Waals surface area (Å²) in [7, 11) is 0. The third-order valence-electron chi connectivity index (χ3n) is 4.47. The summed E-state index contributed by atoms with van der Waals surface area (Å²) in [4.78, 5) is 5.04. The van der Waals surface area contributed by atoms with Crippen molar-refractivity contribution < 1.29 is 4.74 Å². The molecule has 0 N–H and O–H groups in total. The van der Waals surface area contributed by atoms with Gasteiger partial charge in [0.25, 0.3) is 0 Å². The van der Waals surface area contributed by atoms with E-state index in [1.165, 1.54) is 5.69 Å². The number of ether oxygens (including phenoxy) is 1. The van der Waals surface area contributed by atoms with Crippen molar-refractivity contribution in [1.29, 1.82) is 5.26 Å². The van der Waals surface area contributed by atoms with Gasteiger partial charge in [-0.3, -0.25) is 0 Å². The third kappa shape index (κ3) is 5.62. The van der Waals surface area contributed by atoms with Crippen LogP contribution in [-0.4, -0.2) is 26.3 Å². The van der Waals surface area contributed by atoms with Gasteiger partial charge in [-0.15, -0.1) is 0 Å². The molecule has 6 nitrogen and oxygen atoms in total. The Morgan fingerprint density at radius 2 is 1.93 bits per heavy atom. The van der Waals surface area contributed by atoms with E-state index in [0.29, 0.717) is 17.9 Å². The van der Waals surface area contributed by atoms with Gasteiger partial charge in [0.1, 0.15) is 0 Å². The predicted octanol–water partition coefficient (Wildman–Crippen LogP) is 5.84. The van der Waals surface area contributed by atoms with Gasteiger partial charge in [0.05, 0.1) is 18.2 Å². The minimum Gasteiger partial charge on any atom is -0.380 e. The van der Waals surface area contributed by atoms with Crippen LogP contribution in [0.3, 0.4) is 0 Å². The molecular weight excluding hydrogens is 350 g/mol. The van der Waals surface area contributed by atoms with E-state index in [1.807, 2.05) is 19.1 Å². The molecule has 0 saturated carbocycles. The first kappa shape index (κ1) is 21.0. The van der Waals surface area contributed by atoms with Gasteiger partial charge in [-0.2, -0.15) is 5.26 Å². The number of anilines is 1. The van der Waals surface area contributed by atoms with Gasteiger partial charge in [-0.25, -0.2) is 0 Å². The number of hydrogen-bond acceptors (Lipinski definition) is 4. The zero-order chi connectivity index (χ0) is 20.4. The van der Waals surface area contributed by atoms with Crippen LogP contribution in [0.4, 0.5) is 11.4 Å². The van der Waals surface area contributed by atoms with Crippen molar-refractivity contribution in [3.63, 3.8) is 0 Å². The zero-order valence-corrected chi connectivity index (χ0v) is 16.6. The highest BCUT2D eigenvalue weighted by molar-refractivity contribution is 5.75. The smallest absolute Gasteiger partial charge is 0.0998 e. The molecule has 28 heavy (non-hydrogen) atoms. The molecule has 2 aromatic rings. The Morgan fingerprint density at radius 1 is 1.18 bits per heavy atom. The summed E-state index contributed by atoms with van der Waals surface area (Å²) in [6, 6.07) is 13.6. The summed E-state index contributed by atoms with van der Waals surface area (Å²) in [5, 5.41) is 12.9. The van der Waals surface area contributed by atoms with Crippen LogP contribution in [-0.2, 0) is 4.74 Å². The van der Waals surface area contributed by atoms with Gasteiger partial charge < -0.3 is 9.64 Å². The van der Waals surface area contributed by atoms with Crippen molar-refractivity contribution in [3.8, 4) is 6.07 Å². The van der Waals surface area contributed by atoms with Crippen molar-refractivity contribution in [2.24, 2.45) is 5.11 Å². The summed E-state index contributed by atoms with van der Waals surface area (Å²) in [6.45, 7) is 9.45. The van der Waals surface area contributed by atoms with Gasteiger partial charge in [-0.1, -0.05) is 35.5 Å². The largest absolute Gasteiger partial charge is 0.380 e. The molecule has 0 heterocycles. The second kappa shape index (κ2) is 10.8. The molecule has 0 atom stereocenters. The first-order valence-corrected chi connectivity index (χ1v) is 9.33. The fourth-order valence-electron chi connectivity index (χ4n) is 2.91. The average molecular weight is 375 g/mol. The second-order valence-corrected chi connectivity index (χ2v) is 6.22. The van der Waals surface area contributed by atoms with E-state index in [-0.39, 0.29) is 0 Å². The molecule has 0 aliphatic heterocycles. The van der Waals surface area contributed by atoms with E-state index in [0.717, 1.165) is 36.4 Å². The Kier molecular flexibility index (Phi) is 8.11. The molecule has 0 fully saturated rings. The number of nitrogens with zero attached hydrogens (tertiary/aromatic N) is 5. The number of hydrogen-bond donors (Lipinski definition) is 0. The molecule has 0 amide bonds. The van der Waals surface area contributed by atoms with E-state index < -0.39 is 0 Å². The van der Waals surface area contributed by atoms with E-state index in [9.17, 15) is 5.26 Å². The van der Waals surface area contributed by atoms with Crippen LogP contribution >= 0.6 is 0 Å². The van der Waals surface area contributed by atoms with Crippen LogP contribution in [0, 0.1) is 18.3 Å². The molecule has 2 aromatic carbocycles. The number of nitriles is 1. The molecule has 0 unspecified atom stereocenters. The van der Waals surface area contributed by atoms with Gasteiger partial charge in [0.2, 0.25) is 0 Å². The molecule has 144 valence electrons. The van der Waals surface area contributed by atoms with Gasteiger partial charge >= 0.3 is 0 Å². The summed E-state index contributed by atoms with van der Waals surface area (Å²) < 4.78 is 5.47. The van der Waals surface area contributed by atoms with Gasteiger partial charge in [0, 0.05) is 36.0 Å². The minimum atomic E-state index is 0.434. The molecule has 0 radical (unpaired) electrons. The van der Waals surface area contributed by atoms with Crippen molar-refractivity contribution in [1.82, 2.24) is 0 Å². The monoisotopic (exact) mass is 375 g/mol. The van der Waals surface area contributed by atoms with Crippen LogP contribution in [0.1, 0.15) is 36.1 Å². The lowest BCUT2D eigenvalue weighted by Gasteiger charge is -2.23. The fourth-order valence-corrected chi connectivity index (χ4v) is 2.91. The van der Waals surface area contributed by atoms with Crippen LogP contribution < -0.4 is 4.90 Å². The highest BCUT2D eigenvalue weighted by atomic mass is 16.5. The zero-order valence-electron chi connectivity index (χ0n) is 16.6. The fraction of sp³-hybridized carbons (Fsp3) is 0.318. The minimum absolute atomic E-state index is 0.434. The van der Waals surface area contributed by atoms with Crippen LogP contribution in [0.2, 0.25) is 0 Å². The van der Waals surface area contributed by atoms with E-state index >= 15 is 0 Å². The van der Waals surface area contributed by atoms with Crippen molar-refractivity contribution in [3.05, 3.63) is 69.1 Å². The Bertz CT molecular complexity index is 923. The summed E-state index contributed by atoms with van der Waals surface area (Å²) in [5.74, 6) is 0. The van der Waals surface area contributed by atoms with E-state index in [2.05, 4.69) is 53.0 Å². The van der Waals surface area contributed by atoms with Crippen molar-refractivity contribution >= 4 is 23.5 Å². The first-order valence-electron chi connectivity index (χ1n) is 9.33. The molecule has 0 aliphatic rings. The topological polar surface area (TPSA) is 85.0 Å². The molecule has 0 bridgehead atoms. The maximum atomic E-state index is 9.34. The molecule has 0 saturated heterocycles. The van der Waals surface area contributed by atoms with Crippen LogP contribution in [0.5, 0.6) is 0 Å². The summed E-state index contributed by atoms with van der Waals surface area (Å²) in [5.41, 5.74) is 13.6. The predicted molar refractivity (Wildman–Crippen MR) is 114 cm³/mol. The Labute approximate surface area is 166 Å². The third-order valence-corrected chi connectivity index (χ3v) is 4.47. The quantitative estimate of drug-likeness (QED) is 0.181. The highest BCUT2D eigenvalue weighted by Gasteiger charge is 2.06.